The standard InChI is InChI=1S/C17H23F3N4O.HI/c1-21-16(23-11-9-17(18,19)20)22-10-4-7-15(25)24-12-8-13-5-2-3-6-14(13)24;/h2-3,5-6H,4,7-12H2,1H3,(H2,21,22,23);1H. The molecule has 0 bridgehead atoms. The fraction of sp³-hybridized carbons (Fsp3) is 0.529. The molecule has 0 spiro atoms. The van der Waals surface area contributed by atoms with E-state index in [0.717, 1.165) is 12.1 Å². The Labute approximate surface area is 168 Å². The maximum absolute atomic E-state index is 12.3. The number of hydrogen-bond acceptors (Lipinski definition) is 2. The number of benzene rings is 1. The number of guanidine groups is 1. The van der Waals surface area contributed by atoms with E-state index < -0.39 is 12.6 Å². The molecule has 1 heterocycles. The molecule has 146 valence electrons. The van der Waals surface area contributed by atoms with Crippen LogP contribution < -0.4 is 15.5 Å². The summed E-state index contributed by atoms with van der Waals surface area (Å²) in [6.07, 6.45) is -3.28. The lowest BCUT2D eigenvalue weighted by atomic mass is 10.2. The first kappa shape index (κ1) is 22.5. The number of halogens is 4. The van der Waals surface area contributed by atoms with Crippen LogP contribution in [0.15, 0.2) is 29.3 Å². The normalized spacial score (nSPS) is 13.8. The third kappa shape index (κ3) is 7.00. The first-order valence-corrected chi connectivity index (χ1v) is 8.30. The molecule has 1 aliphatic heterocycles. The number of alkyl halides is 3. The number of nitrogens with one attached hydrogen (secondary N) is 2. The molecule has 0 saturated carbocycles. The molecule has 2 rings (SSSR count). The van der Waals surface area contributed by atoms with Crippen LogP contribution in [0.3, 0.4) is 0 Å². The van der Waals surface area contributed by atoms with Gasteiger partial charge in [-0.25, -0.2) is 0 Å². The number of fused-ring (bicyclic) bond motifs is 1. The lowest BCUT2D eigenvalue weighted by Crippen LogP contribution is -2.39. The van der Waals surface area contributed by atoms with E-state index in [4.69, 9.17) is 0 Å². The molecule has 1 aliphatic rings. The summed E-state index contributed by atoms with van der Waals surface area (Å²) < 4.78 is 36.3. The number of amides is 1. The molecule has 0 aromatic heterocycles. The average Bonchev–Trinajstić information content (AvgIpc) is 3.00. The van der Waals surface area contributed by atoms with Crippen LogP contribution in [0.2, 0.25) is 0 Å². The van der Waals surface area contributed by atoms with Gasteiger partial charge in [-0.05, 0) is 24.5 Å². The molecule has 9 heteroatoms. The summed E-state index contributed by atoms with van der Waals surface area (Å²) >= 11 is 0. The minimum Gasteiger partial charge on any atom is -0.356 e. The topological polar surface area (TPSA) is 56.7 Å². The van der Waals surface area contributed by atoms with Gasteiger partial charge in [0.25, 0.3) is 0 Å². The van der Waals surface area contributed by atoms with Gasteiger partial charge in [-0.1, -0.05) is 18.2 Å². The van der Waals surface area contributed by atoms with E-state index in [1.54, 1.807) is 4.90 Å². The van der Waals surface area contributed by atoms with Gasteiger partial charge in [0.2, 0.25) is 5.91 Å². The minimum absolute atomic E-state index is 0. The van der Waals surface area contributed by atoms with E-state index in [1.807, 2.05) is 24.3 Å². The van der Waals surface area contributed by atoms with Crippen LogP contribution in [0.5, 0.6) is 0 Å². The molecule has 1 amide bonds. The third-order valence-corrected chi connectivity index (χ3v) is 3.97. The Balaban J connectivity index is 0.00000338. The SMILES string of the molecule is CN=C(NCCCC(=O)N1CCc2ccccc21)NCCC(F)(F)F.I. The molecule has 0 unspecified atom stereocenters. The first-order chi connectivity index (χ1) is 11.9. The van der Waals surface area contributed by atoms with Gasteiger partial charge in [-0.15, -0.1) is 24.0 Å². The van der Waals surface area contributed by atoms with Crippen molar-refractivity contribution in [2.45, 2.75) is 31.9 Å². The monoisotopic (exact) mass is 484 g/mol. The maximum Gasteiger partial charge on any atom is 0.390 e. The quantitative estimate of drug-likeness (QED) is 0.283. The Morgan fingerprint density at radius 1 is 1.23 bits per heavy atom. The summed E-state index contributed by atoms with van der Waals surface area (Å²) in [6.45, 7) is 0.936. The van der Waals surface area contributed by atoms with Crippen LogP contribution in [0.25, 0.3) is 0 Å². The third-order valence-electron chi connectivity index (χ3n) is 3.97. The zero-order valence-corrected chi connectivity index (χ0v) is 16.9. The second kappa shape index (κ2) is 10.6. The molecule has 0 atom stereocenters. The molecule has 2 N–H and O–H groups in total. The van der Waals surface area contributed by atoms with Crippen LogP contribution in [0.1, 0.15) is 24.8 Å². The van der Waals surface area contributed by atoms with Crippen molar-refractivity contribution in [3.8, 4) is 0 Å². The Hall–Kier alpha value is -1.52. The van der Waals surface area contributed by atoms with Crippen molar-refractivity contribution >= 4 is 41.5 Å². The Morgan fingerprint density at radius 2 is 1.92 bits per heavy atom. The smallest absolute Gasteiger partial charge is 0.356 e. The lowest BCUT2D eigenvalue weighted by Gasteiger charge is -2.17. The van der Waals surface area contributed by atoms with Gasteiger partial charge in [0.05, 0.1) is 6.42 Å². The summed E-state index contributed by atoms with van der Waals surface area (Å²) in [7, 11) is 1.50. The number of anilines is 1. The fourth-order valence-corrected chi connectivity index (χ4v) is 2.72. The summed E-state index contributed by atoms with van der Waals surface area (Å²) in [4.78, 5) is 18.0. The number of carbonyl (C=O) groups is 1. The summed E-state index contributed by atoms with van der Waals surface area (Å²) in [5, 5.41) is 5.53. The molecule has 5 nitrogen and oxygen atoms in total. The van der Waals surface area contributed by atoms with Gasteiger partial charge in [0, 0.05) is 38.8 Å². The molecular weight excluding hydrogens is 460 g/mol. The lowest BCUT2D eigenvalue weighted by molar-refractivity contribution is -0.132. The summed E-state index contributed by atoms with van der Waals surface area (Å²) in [5.41, 5.74) is 2.16. The number of rotatable bonds is 6. The van der Waals surface area contributed by atoms with Crippen molar-refractivity contribution in [3.05, 3.63) is 29.8 Å². The van der Waals surface area contributed by atoms with Crippen LogP contribution in [0.4, 0.5) is 18.9 Å². The van der Waals surface area contributed by atoms with Crippen molar-refractivity contribution in [3.63, 3.8) is 0 Å². The Kier molecular flexibility index (Phi) is 9.17. The molecule has 26 heavy (non-hydrogen) atoms. The number of hydrogen-bond donors (Lipinski definition) is 2. The van der Waals surface area contributed by atoms with E-state index >= 15 is 0 Å². The van der Waals surface area contributed by atoms with Gasteiger partial charge in [-0.2, -0.15) is 13.2 Å². The molecule has 0 radical (unpaired) electrons. The molecular formula is C17H24F3IN4O. The summed E-state index contributed by atoms with van der Waals surface area (Å²) in [6, 6.07) is 7.86. The average molecular weight is 484 g/mol. The highest BCUT2D eigenvalue weighted by atomic mass is 127. The van der Waals surface area contributed by atoms with Gasteiger partial charge >= 0.3 is 6.18 Å². The number of para-hydroxylation sites is 1. The van der Waals surface area contributed by atoms with Crippen molar-refractivity contribution in [2.24, 2.45) is 4.99 Å². The van der Waals surface area contributed by atoms with Crippen LogP contribution >= 0.6 is 24.0 Å². The maximum atomic E-state index is 12.3. The van der Waals surface area contributed by atoms with Crippen LogP contribution in [-0.2, 0) is 11.2 Å². The minimum atomic E-state index is -4.19. The predicted molar refractivity (Wildman–Crippen MR) is 107 cm³/mol. The highest BCUT2D eigenvalue weighted by Gasteiger charge is 2.26. The van der Waals surface area contributed by atoms with Crippen molar-refractivity contribution in [1.29, 1.82) is 0 Å². The number of nitrogens with zero attached hydrogens (tertiary/aromatic N) is 2. The highest BCUT2D eigenvalue weighted by molar-refractivity contribution is 14.0. The molecule has 1 aromatic carbocycles. The number of carbonyl (C=O) groups excluding carboxylic acids is 1. The first-order valence-electron chi connectivity index (χ1n) is 8.30. The molecule has 0 fully saturated rings. The van der Waals surface area contributed by atoms with Gasteiger partial charge in [0.1, 0.15) is 0 Å². The zero-order chi connectivity index (χ0) is 18.3. The van der Waals surface area contributed by atoms with Gasteiger partial charge < -0.3 is 15.5 Å². The van der Waals surface area contributed by atoms with Crippen LogP contribution in [-0.4, -0.2) is 44.7 Å². The second-order valence-electron chi connectivity index (χ2n) is 5.82. The van der Waals surface area contributed by atoms with Crippen molar-refractivity contribution in [1.82, 2.24) is 10.6 Å². The largest absolute Gasteiger partial charge is 0.390 e. The van der Waals surface area contributed by atoms with Crippen molar-refractivity contribution < 1.29 is 18.0 Å². The summed E-state index contributed by atoms with van der Waals surface area (Å²) in [5.74, 6) is 0.370. The number of aliphatic imine (C=N–C) groups is 1. The van der Waals surface area contributed by atoms with Gasteiger partial charge in [0.15, 0.2) is 5.96 Å². The second-order valence-corrected chi connectivity index (χ2v) is 5.82. The van der Waals surface area contributed by atoms with Crippen LogP contribution in [0, 0.1) is 0 Å². The van der Waals surface area contributed by atoms with E-state index in [9.17, 15) is 18.0 Å². The van der Waals surface area contributed by atoms with E-state index in [2.05, 4.69) is 15.6 Å². The van der Waals surface area contributed by atoms with Gasteiger partial charge in [-0.3, -0.25) is 9.79 Å². The predicted octanol–water partition coefficient (Wildman–Crippen LogP) is 3.09. The van der Waals surface area contributed by atoms with Crippen molar-refractivity contribution in [2.75, 3.05) is 31.6 Å². The van der Waals surface area contributed by atoms with E-state index in [0.29, 0.717) is 31.9 Å². The Morgan fingerprint density at radius 3 is 2.62 bits per heavy atom. The Bertz CT molecular complexity index is 622. The fourth-order valence-electron chi connectivity index (χ4n) is 2.72. The molecule has 0 saturated heterocycles. The zero-order valence-electron chi connectivity index (χ0n) is 14.6. The molecule has 0 aliphatic carbocycles. The van der Waals surface area contributed by atoms with E-state index in [-0.39, 0.29) is 36.4 Å². The highest BCUT2D eigenvalue weighted by Crippen LogP contribution is 2.27. The molecule has 1 aromatic rings. The van der Waals surface area contributed by atoms with E-state index in [1.165, 1.54) is 12.6 Å².